The zero-order chi connectivity index (χ0) is 21.3. The number of ether oxygens (including phenoxy) is 1. The van der Waals surface area contributed by atoms with E-state index < -0.39 is 0 Å². The van der Waals surface area contributed by atoms with Crippen LogP contribution in [0, 0.1) is 18.8 Å². The van der Waals surface area contributed by atoms with Crippen molar-refractivity contribution in [3.63, 3.8) is 0 Å². The van der Waals surface area contributed by atoms with Crippen LogP contribution in [0.1, 0.15) is 43.2 Å². The SMILES string of the molecule is CN=C(NCCCN1CCCC(C(N)=O)C1)NCc1ccc(C)cc1OCC1CC1.I. The number of hydrogen-bond acceptors (Lipinski definition) is 4. The highest BCUT2D eigenvalue weighted by Gasteiger charge is 2.23. The van der Waals surface area contributed by atoms with Crippen molar-refractivity contribution in [3.05, 3.63) is 29.3 Å². The van der Waals surface area contributed by atoms with Gasteiger partial charge < -0.3 is 26.0 Å². The lowest BCUT2D eigenvalue weighted by molar-refractivity contribution is -0.123. The molecule has 1 atom stereocenters. The van der Waals surface area contributed by atoms with Crippen LogP contribution in [0.15, 0.2) is 23.2 Å². The molecule has 3 rings (SSSR count). The number of nitrogens with two attached hydrogens (primary N) is 1. The lowest BCUT2D eigenvalue weighted by atomic mass is 9.97. The van der Waals surface area contributed by atoms with Crippen LogP contribution in [-0.2, 0) is 11.3 Å². The van der Waals surface area contributed by atoms with Crippen molar-refractivity contribution < 1.29 is 9.53 Å². The number of likely N-dealkylation sites (tertiary alicyclic amines) is 1. The van der Waals surface area contributed by atoms with Crippen molar-refractivity contribution in [1.82, 2.24) is 15.5 Å². The Morgan fingerprint density at radius 2 is 2.10 bits per heavy atom. The van der Waals surface area contributed by atoms with E-state index in [1.807, 2.05) is 0 Å². The van der Waals surface area contributed by atoms with Crippen molar-refractivity contribution >= 4 is 35.8 Å². The third-order valence-corrected chi connectivity index (χ3v) is 5.92. The van der Waals surface area contributed by atoms with E-state index in [0.29, 0.717) is 6.54 Å². The van der Waals surface area contributed by atoms with Crippen LogP contribution in [0.2, 0.25) is 0 Å². The second kappa shape index (κ2) is 13.1. The van der Waals surface area contributed by atoms with Crippen molar-refractivity contribution in [1.29, 1.82) is 0 Å². The topological polar surface area (TPSA) is 92.0 Å². The quantitative estimate of drug-likeness (QED) is 0.183. The number of aryl methyl sites for hydroxylation is 1. The molecule has 1 saturated heterocycles. The normalized spacial score (nSPS) is 19.4. The maximum Gasteiger partial charge on any atom is 0.221 e. The molecular weight excluding hydrogens is 505 g/mol. The number of piperidine rings is 1. The Labute approximate surface area is 203 Å². The van der Waals surface area contributed by atoms with Crippen LogP contribution in [0.4, 0.5) is 0 Å². The molecule has 1 aliphatic carbocycles. The lowest BCUT2D eigenvalue weighted by Gasteiger charge is -2.31. The summed E-state index contributed by atoms with van der Waals surface area (Å²) in [6, 6.07) is 6.37. The van der Waals surface area contributed by atoms with Gasteiger partial charge in [0.15, 0.2) is 5.96 Å². The molecule has 8 heteroatoms. The summed E-state index contributed by atoms with van der Waals surface area (Å²) in [5, 5.41) is 6.78. The van der Waals surface area contributed by atoms with E-state index in [0.717, 1.165) is 75.2 Å². The Hall–Kier alpha value is -1.55. The summed E-state index contributed by atoms with van der Waals surface area (Å²) in [6.45, 7) is 7.22. The molecule has 1 aromatic carbocycles. The van der Waals surface area contributed by atoms with Gasteiger partial charge in [-0.2, -0.15) is 0 Å². The molecule has 2 fully saturated rings. The number of nitrogens with one attached hydrogen (secondary N) is 2. The molecule has 1 unspecified atom stereocenters. The van der Waals surface area contributed by atoms with E-state index in [9.17, 15) is 4.79 Å². The zero-order valence-electron chi connectivity index (χ0n) is 18.9. The Kier molecular flexibility index (Phi) is 10.9. The monoisotopic (exact) mass is 543 g/mol. The van der Waals surface area contributed by atoms with Crippen LogP contribution >= 0.6 is 24.0 Å². The number of amides is 1. The molecule has 1 aromatic rings. The van der Waals surface area contributed by atoms with E-state index in [1.54, 1.807) is 7.05 Å². The van der Waals surface area contributed by atoms with Crippen LogP contribution < -0.4 is 21.1 Å². The fourth-order valence-electron chi connectivity index (χ4n) is 3.83. The highest BCUT2D eigenvalue weighted by Crippen LogP contribution is 2.30. The number of carbonyl (C=O) groups excluding carboxylic acids is 1. The van der Waals surface area contributed by atoms with Gasteiger partial charge in [-0.15, -0.1) is 24.0 Å². The first-order chi connectivity index (χ1) is 14.5. The van der Waals surface area contributed by atoms with Crippen molar-refractivity contribution in [2.75, 3.05) is 39.8 Å². The van der Waals surface area contributed by atoms with Gasteiger partial charge in [0.25, 0.3) is 0 Å². The van der Waals surface area contributed by atoms with Crippen LogP contribution in [0.25, 0.3) is 0 Å². The van der Waals surface area contributed by atoms with Gasteiger partial charge in [-0.3, -0.25) is 9.79 Å². The summed E-state index contributed by atoms with van der Waals surface area (Å²) in [7, 11) is 1.79. The molecular formula is C23H38IN5O2. The number of carbonyl (C=O) groups is 1. The molecule has 1 aliphatic heterocycles. The molecule has 174 valence electrons. The van der Waals surface area contributed by atoms with E-state index in [1.165, 1.54) is 18.4 Å². The third-order valence-electron chi connectivity index (χ3n) is 5.92. The van der Waals surface area contributed by atoms with E-state index in [2.05, 4.69) is 45.6 Å². The molecule has 31 heavy (non-hydrogen) atoms. The fourth-order valence-corrected chi connectivity index (χ4v) is 3.83. The first kappa shape index (κ1) is 25.7. The molecule has 0 radical (unpaired) electrons. The molecule has 2 aliphatic rings. The summed E-state index contributed by atoms with van der Waals surface area (Å²) < 4.78 is 6.06. The Morgan fingerprint density at radius 3 is 2.81 bits per heavy atom. The maximum atomic E-state index is 11.4. The predicted molar refractivity (Wildman–Crippen MR) is 136 cm³/mol. The molecule has 0 bridgehead atoms. The van der Waals surface area contributed by atoms with Crippen molar-refractivity contribution in [3.8, 4) is 5.75 Å². The minimum atomic E-state index is -0.168. The molecule has 4 N–H and O–H groups in total. The first-order valence-electron chi connectivity index (χ1n) is 11.2. The highest BCUT2D eigenvalue weighted by atomic mass is 127. The number of aliphatic imine (C=N–C) groups is 1. The lowest BCUT2D eigenvalue weighted by Crippen LogP contribution is -2.42. The highest BCUT2D eigenvalue weighted by molar-refractivity contribution is 14.0. The zero-order valence-corrected chi connectivity index (χ0v) is 21.2. The second-order valence-corrected chi connectivity index (χ2v) is 8.61. The van der Waals surface area contributed by atoms with E-state index in [-0.39, 0.29) is 35.8 Å². The first-order valence-corrected chi connectivity index (χ1v) is 11.2. The van der Waals surface area contributed by atoms with E-state index >= 15 is 0 Å². The minimum Gasteiger partial charge on any atom is -0.493 e. The number of guanidine groups is 1. The van der Waals surface area contributed by atoms with Gasteiger partial charge in [-0.25, -0.2) is 0 Å². The smallest absolute Gasteiger partial charge is 0.221 e. The van der Waals surface area contributed by atoms with Crippen molar-refractivity contribution in [2.45, 2.75) is 45.6 Å². The standard InChI is InChI=1S/C23H37N5O2.HI/c1-17-6-9-19(21(13-17)30-16-18-7-8-18)14-27-23(25-2)26-10-4-12-28-11-3-5-20(15-28)22(24)29;/h6,9,13,18,20H,3-5,7-8,10-12,14-16H2,1-2H3,(H2,24,29)(H2,25,26,27);1H. The minimum absolute atomic E-state index is 0. The summed E-state index contributed by atoms with van der Waals surface area (Å²) >= 11 is 0. The van der Waals surface area contributed by atoms with Gasteiger partial charge >= 0.3 is 0 Å². The molecule has 1 heterocycles. The second-order valence-electron chi connectivity index (χ2n) is 8.61. The average Bonchev–Trinajstić information content (AvgIpc) is 3.57. The third kappa shape index (κ3) is 8.84. The Bertz CT molecular complexity index is 739. The summed E-state index contributed by atoms with van der Waals surface area (Å²) in [5.41, 5.74) is 7.83. The molecule has 0 aromatic heterocycles. The summed E-state index contributed by atoms with van der Waals surface area (Å²) in [6.07, 6.45) is 5.54. The molecule has 0 spiro atoms. The largest absolute Gasteiger partial charge is 0.493 e. The summed E-state index contributed by atoms with van der Waals surface area (Å²) in [4.78, 5) is 18.1. The van der Waals surface area contributed by atoms with Gasteiger partial charge in [0.2, 0.25) is 5.91 Å². The predicted octanol–water partition coefficient (Wildman–Crippen LogP) is 2.65. The number of nitrogens with zero attached hydrogens (tertiary/aromatic N) is 2. The van der Waals surface area contributed by atoms with Gasteiger partial charge in [0, 0.05) is 32.2 Å². The Balaban J connectivity index is 0.00000341. The fraction of sp³-hybridized carbons (Fsp3) is 0.652. The van der Waals surface area contributed by atoms with Crippen LogP contribution in [0.5, 0.6) is 5.75 Å². The average molecular weight is 543 g/mol. The van der Waals surface area contributed by atoms with Crippen molar-refractivity contribution in [2.24, 2.45) is 22.6 Å². The summed E-state index contributed by atoms with van der Waals surface area (Å²) in [5.74, 6) is 2.33. The number of halogens is 1. The number of primary amides is 1. The van der Waals surface area contributed by atoms with Crippen LogP contribution in [-0.4, -0.2) is 56.6 Å². The van der Waals surface area contributed by atoms with Gasteiger partial charge in [0.05, 0.1) is 12.5 Å². The van der Waals surface area contributed by atoms with Gasteiger partial charge in [-0.05, 0) is 69.7 Å². The Morgan fingerprint density at radius 1 is 1.29 bits per heavy atom. The van der Waals surface area contributed by atoms with Gasteiger partial charge in [-0.1, -0.05) is 12.1 Å². The molecule has 7 nitrogen and oxygen atoms in total. The van der Waals surface area contributed by atoms with Gasteiger partial charge in [0.1, 0.15) is 5.75 Å². The van der Waals surface area contributed by atoms with Crippen LogP contribution in [0.3, 0.4) is 0 Å². The number of benzene rings is 1. The number of hydrogen-bond donors (Lipinski definition) is 3. The maximum absolute atomic E-state index is 11.4. The molecule has 1 saturated carbocycles. The van der Waals surface area contributed by atoms with E-state index in [4.69, 9.17) is 10.5 Å². The number of rotatable bonds is 10. The molecule has 1 amide bonds.